The second kappa shape index (κ2) is 6.92. The molecule has 4 heteroatoms. The average molecular weight is 382 g/mol. The molecule has 0 aliphatic heterocycles. The van der Waals surface area contributed by atoms with Gasteiger partial charge in [0.25, 0.3) is 0 Å². The molecule has 142 valence electrons. The van der Waals surface area contributed by atoms with Gasteiger partial charge in [0.1, 0.15) is 0 Å². The summed E-state index contributed by atoms with van der Waals surface area (Å²) in [6.45, 7) is 2.18. The minimum Gasteiger partial charge on any atom is -0.225 e. The molecule has 0 atom stereocenters. The van der Waals surface area contributed by atoms with Gasteiger partial charge in [0.05, 0.1) is 4.90 Å². The van der Waals surface area contributed by atoms with Crippen molar-refractivity contribution in [2.75, 3.05) is 0 Å². The van der Waals surface area contributed by atoms with Crippen molar-refractivity contribution in [1.82, 2.24) is 0 Å². The van der Waals surface area contributed by atoms with Crippen LogP contribution in [0.25, 0.3) is 11.1 Å². The van der Waals surface area contributed by atoms with Gasteiger partial charge >= 0.3 is 0 Å². The van der Waals surface area contributed by atoms with Crippen molar-refractivity contribution < 1.29 is 8.42 Å². The van der Waals surface area contributed by atoms with Crippen molar-refractivity contribution in [2.24, 2.45) is 10.6 Å². The fourth-order valence-electron chi connectivity index (χ4n) is 4.84. The summed E-state index contributed by atoms with van der Waals surface area (Å²) in [5.41, 5.74) is 6.99. The third-order valence-corrected chi connectivity index (χ3v) is 7.30. The van der Waals surface area contributed by atoms with E-state index in [1.54, 1.807) is 12.1 Å². The highest BCUT2D eigenvalue weighted by Gasteiger charge is 2.41. The molecule has 0 amide bonds. The molecule has 1 saturated carbocycles. The summed E-state index contributed by atoms with van der Waals surface area (Å²) in [5, 5.41) is 5.26. The molecular weight excluding hydrogens is 354 g/mol. The first kappa shape index (κ1) is 18.5. The Morgan fingerprint density at radius 3 is 1.78 bits per heavy atom. The van der Waals surface area contributed by atoms with Gasteiger partial charge in [-0.1, -0.05) is 56.2 Å². The number of allylic oxidation sites excluding steroid dienone is 2. The molecule has 2 aliphatic rings. The summed E-state index contributed by atoms with van der Waals surface area (Å²) in [5.74, 6) is 0. The van der Waals surface area contributed by atoms with E-state index in [0.717, 1.165) is 24.8 Å². The fraction of sp³-hybridized carbons (Fsp3) is 0.391. The number of nitrogens with two attached hydrogens (primary N) is 1. The zero-order valence-electron chi connectivity index (χ0n) is 15.9. The third-order valence-electron chi connectivity index (χ3n) is 6.37. The minimum absolute atomic E-state index is 0.175. The molecule has 3 nitrogen and oxygen atoms in total. The van der Waals surface area contributed by atoms with Gasteiger partial charge in [0.15, 0.2) is 0 Å². The van der Waals surface area contributed by atoms with Crippen molar-refractivity contribution in [3.63, 3.8) is 0 Å². The van der Waals surface area contributed by atoms with Crippen LogP contribution in [0.4, 0.5) is 0 Å². The molecule has 0 radical (unpaired) electrons. The summed E-state index contributed by atoms with van der Waals surface area (Å²) >= 11 is 0. The van der Waals surface area contributed by atoms with Crippen LogP contribution in [-0.4, -0.2) is 8.42 Å². The predicted octanol–water partition coefficient (Wildman–Crippen LogP) is 5.16. The van der Waals surface area contributed by atoms with Gasteiger partial charge in [0.2, 0.25) is 10.0 Å². The molecule has 0 saturated heterocycles. The Bertz CT molecular complexity index is 964. The average Bonchev–Trinajstić information content (AvgIpc) is 3.28. The van der Waals surface area contributed by atoms with Gasteiger partial charge < -0.3 is 0 Å². The van der Waals surface area contributed by atoms with Crippen molar-refractivity contribution in [1.29, 1.82) is 0 Å². The number of hydrogen-bond acceptors (Lipinski definition) is 2. The minimum atomic E-state index is -3.65. The van der Waals surface area contributed by atoms with Crippen LogP contribution in [0, 0.1) is 5.41 Å². The zero-order chi connectivity index (χ0) is 19.1. The summed E-state index contributed by atoms with van der Waals surface area (Å²) < 4.78 is 23.2. The van der Waals surface area contributed by atoms with Gasteiger partial charge in [0, 0.05) is 0 Å². The SMILES string of the molecule is CCc1ccc(C2=C(c3ccc(S(N)(=O)=O)cc3)CC3(CCCC3)C2)cc1. The van der Waals surface area contributed by atoms with Crippen molar-refractivity contribution in [3.05, 3.63) is 65.2 Å². The number of benzene rings is 2. The standard InChI is InChI=1S/C23H27NO2S/c1-2-17-5-7-18(8-6-17)21-15-23(13-3-4-14-23)16-22(21)19-9-11-20(12-10-19)27(24,25)26/h5-12H,2-4,13-16H2,1H3,(H2,24,25,26). The van der Waals surface area contributed by atoms with E-state index in [1.165, 1.54) is 48.0 Å². The molecule has 4 rings (SSSR count). The lowest BCUT2D eigenvalue weighted by molar-refractivity contribution is 0.330. The summed E-state index contributed by atoms with van der Waals surface area (Å²) in [7, 11) is -3.65. The molecule has 0 unspecified atom stereocenters. The second-order valence-electron chi connectivity index (χ2n) is 8.14. The largest absolute Gasteiger partial charge is 0.238 e. The maximum absolute atomic E-state index is 11.6. The highest BCUT2D eigenvalue weighted by molar-refractivity contribution is 7.89. The molecule has 2 aliphatic carbocycles. The molecule has 0 aromatic heterocycles. The second-order valence-corrected chi connectivity index (χ2v) is 9.70. The van der Waals surface area contributed by atoms with Crippen molar-refractivity contribution >= 4 is 21.2 Å². The van der Waals surface area contributed by atoms with Gasteiger partial charge in [-0.25, -0.2) is 13.6 Å². The monoisotopic (exact) mass is 381 g/mol. The van der Waals surface area contributed by atoms with Crippen LogP contribution in [-0.2, 0) is 16.4 Å². The van der Waals surface area contributed by atoms with Gasteiger partial charge in [-0.15, -0.1) is 0 Å². The summed E-state index contributed by atoms with van der Waals surface area (Å²) in [6.07, 6.45) is 8.49. The van der Waals surface area contributed by atoms with Gasteiger partial charge in [-0.3, -0.25) is 0 Å². The molecule has 2 aromatic carbocycles. The van der Waals surface area contributed by atoms with Gasteiger partial charge in [-0.05, 0) is 77.5 Å². The quantitative estimate of drug-likeness (QED) is 0.795. The van der Waals surface area contributed by atoms with E-state index in [4.69, 9.17) is 5.14 Å². The van der Waals surface area contributed by atoms with Crippen LogP contribution in [0.3, 0.4) is 0 Å². The number of hydrogen-bond donors (Lipinski definition) is 1. The highest BCUT2D eigenvalue weighted by Crippen LogP contribution is 2.57. The van der Waals surface area contributed by atoms with Crippen molar-refractivity contribution in [2.45, 2.75) is 56.8 Å². The summed E-state index contributed by atoms with van der Waals surface area (Å²) in [4.78, 5) is 0.175. The lowest BCUT2D eigenvalue weighted by Gasteiger charge is -2.23. The Kier molecular flexibility index (Phi) is 4.73. The Morgan fingerprint density at radius 2 is 1.33 bits per heavy atom. The molecular formula is C23H27NO2S. The van der Waals surface area contributed by atoms with E-state index in [-0.39, 0.29) is 4.90 Å². The Morgan fingerprint density at radius 1 is 0.852 bits per heavy atom. The van der Waals surface area contributed by atoms with E-state index >= 15 is 0 Å². The molecule has 27 heavy (non-hydrogen) atoms. The predicted molar refractivity (Wildman–Crippen MR) is 111 cm³/mol. The van der Waals surface area contributed by atoms with E-state index in [2.05, 4.69) is 31.2 Å². The van der Waals surface area contributed by atoms with Crippen molar-refractivity contribution in [3.8, 4) is 0 Å². The molecule has 0 bridgehead atoms. The van der Waals surface area contributed by atoms with Crippen LogP contribution >= 0.6 is 0 Å². The van der Waals surface area contributed by atoms with Crippen LogP contribution < -0.4 is 5.14 Å². The smallest absolute Gasteiger partial charge is 0.225 e. The van der Waals surface area contributed by atoms with Gasteiger partial charge in [-0.2, -0.15) is 0 Å². The van der Waals surface area contributed by atoms with E-state index in [0.29, 0.717) is 5.41 Å². The molecule has 2 N–H and O–H groups in total. The Labute approximate surface area is 162 Å². The normalized spacial score (nSPS) is 19.2. The molecule has 2 aromatic rings. The number of aryl methyl sites for hydroxylation is 1. The topological polar surface area (TPSA) is 60.2 Å². The zero-order valence-corrected chi connectivity index (χ0v) is 16.7. The van der Waals surface area contributed by atoms with Crippen LogP contribution in [0.1, 0.15) is 62.1 Å². The lowest BCUT2D eigenvalue weighted by atomic mass is 9.81. The Hall–Kier alpha value is -1.91. The number of rotatable bonds is 4. The Balaban J connectivity index is 1.76. The summed E-state index contributed by atoms with van der Waals surface area (Å²) in [6, 6.07) is 16.1. The van der Waals surface area contributed by atoms with E-state index in [9.17, 15) is 8.42 Å². The third kappa shape index (κ3) is 3.61. The van der Waals surface area contributed by atoms with Crippen LogP contribution in [0.5, 0.6) is 0 Å². The lowest BCUT2D eigenvalue weighted by Crippen LogP contribution is -2.12. The number of primary sulfonamides is 1. The van der Waals surface area contributed by atoms with Crippen LogP contribution in [0.2, 0.25) is 0 Å². The fourth-order valence-corrected chi connectivity index (χ4v) is 5.36. The van der Waals surface area contributed by atoms with Crippen LogP contribution in [0.15, 0.2) is 53.4 Å². The first-order chi connectivity index (χ1) is 12.9. The van der Waals surface area contributed by atoms with E-state index < -0.39 is 10.0 Å². The molecule has 1 spiro atoms. The number of sulfonamides is 1. The van der Waals surface area contributed by atoms with E-state index in [1.807, 2.05) is 12.1 Å². The highest BCUT2D eigenvalue weighted by atomic mass is 32.2. The first-order valence-corrected chi connectivity index (χ1v) is 11.4. The molecule has 1 fully saturated rings. The molecule has 0 heterocycles. The maximum atomic E-state index is 11.6. The maximum Gasteiger partial charge on any atom is 0.238 e. The first-order valence-electron chi connectivity index (χ1n) is 9.85.